The highest BCUT2D eigenvalue weighted by molar-refractivity contribution is 7.73. The number of hydrogen-bond donors (Lipinski definition) is 1. The summed E-state index contributed by atoms with van der Waals surface area (Å²) in [6.07, 6.45) is 0. The Morgan fingerprint density at radius 2 is 1.23 bits per heavy atom. The van der Waals surface area contributed by atoms with Crippen LogP contribution in [-0.2, 0) is 10.7 Å². The molecule has 0 unspecified atom stereocenters. The maximum Gasteiger partial charge on any atom is 0.410 e. The average molecular weight is 230 g/mol. The molecule has 0 N–H and O–H groups in total. The molecule has 0 heterocycles. The molecule has 13 heavy (non-hydrogen) atoms. The average Bonchev–Trinajstić information content (AvgIpc) is 1.84. The van der Waals surface area contributed by atoms with E-state index < -0.39 is 34.7 Å². The van der Waals surface area contributed by atoms with Gasteiger partial charge in [0.2, 0.25) is 10.7 Å². The predicted molar refractivity (Wildman–Crippen MR) is 30.8 cm³/mol. The van der Waals surface area contributed by atoms with Crippen LogP contribution in [0, 0.1) is 0 Å². The Labute approximate surface area is 70.5 Å². The van der Waals surface area contributed by atoms with Crippen molar-refractivity contribution in [3.8, 4) is 0 Å². The number of rotatable bonds is 3. The first kappa shape index (κ1) is 12.5. The van der Waals surface area contributed by atoms with Crippen LogP contribution in [0.3, 0.4) is 0 Å². The van der Waals surface area contributed by atoms with Gasteiger partial charge in [0.25, 0.3) is 0 Å². The van der Waals surface area contributed by atoms with Crippen molar-refractivity contribution in [3.05, 3.63) is 0 Å². The molecule has 0 aromatic rings. The summed E-state index contributed by atoms with van der Waals surface area (Å²) >= 11 is 0. The zero-order valence-corrected chi connectivity index (χ0v) is 6.93. The van der Waals surface area contributed by atoms with E-state index in [1.165, 1.54) is 0 Å². The van der Waals surface area contributed by atoms with E-state index in [4.69, 9.17) is 0 Å². The molecular weight excluding hydrogens is 226 g/mol. The second-order valence-electron chi connectivity index (χ2n) is 2.26. The van der Waals surface area contributed by atoms with Gasteiger partial charge in [-0.1, -0.05) is 0 Å². The fourth-order valence-electron chi connectivity index (χ4n) is 0.379. The summed E-state index contributed by atoms with van der Waals surface area (Å²) in [4.78, 5) is 0. The molecule has 80 valence electrons. The Morgan fingerprint density at radius 3 is 1.31 bits per heavy atom. The van der Waals surface area contributed by atoms with E-state index in [9.17, 15) is 34.8 Å². The molecule has 0 rings (SSSR count). The molecule has 0 saturated carbocycles. The van der Waals surface area contributed by atoms with Gasteiger partial charge in [0.1, 0.15) is 0 Å². The van der Waals surface area contributed by atoms with Gasteiger partial charge in [-0.05, 0) is 0 Å². The number of hydrogen-bond acceptors (Lipinski definition) is 2. The highest BCUT2D eigenvalue weighted by Crippen LogP contribution is 2.45. The second kappa shape index (κ2) is 3.03. The van der Waals surface area contributed by atoms with E-state index >= 15 is 0 Å². The molecule has 0 fully saturated rings. The van der Waals surface area contributed by atoms with Crippen molar-refractivity contribution in [3.63, 3.8) is 0 Å². The van der Waals surface area contributed by atoms with Gasteiger partial charge < -0.3 is 0 Å². The standard InChI is InChI=1S/C4H4F6O2S/c1-2(5,6)3(7,8)4(9,10)13(11)12/h13H,1H3. The zero-order chi connectivity index (χ0) is 11.1. The highest BCUT2D eigenvalue weighted by atomic mass is 32.2. The monoisotopic (exact) mass is 230 g/mol. The summed E-state index contributed by atoms with van der Waals surface area (Å²) in [5, 5.41) is -5.75. The van der Waals surface area contributed by atoms with Crippen LogP contribution in [0.1, 0.15) is 6.92 Å². The molecule has 0 saturated heterocycles. The highest BCUT2D eigenvalue weighted by Gasteiger charge is 2.71. The molecular formula is C4H4F6O2S. The first-order valence-electron chi connectivity index (χ1n) is 2.72. The first-order valence-corrected chi connectivity index (χ1v) is 3.90. The Kier molecular flexibility index (Phi) is 2.92. The lowest BCUT2D eigenvalue weighted by Gasteiger charge is -2.26. The summed E-state index contributed by atoms with van der Waals surface area (Å²) in [7, 11) is -4.96. The van der Waals surface area contributed by atoms with Crippen molar-refractivity contribution in [1.29, 1.82) is 0 Å². The van der Waals surface area contributed by atoms with Crippen LogP contribution in [-0.4, -0.2) is 25.5 Å². The molecule has 0 amide bonds. The zero-order valence-electron chi connectivity index (χ0n) is 6.03. The van der Waals surface area contributed by atoms with E-state index in [2.05, 4.69) is 0 Å². The van der Waals surface area contributed by atoms with Gasteiger partial charge in [-0.15, -0.1) is 0 Å². The lowest BCUT2D eigenvalue weighted by atomic mass is 10.2. The minimum absolute atomic E-state index is 0.486. The molecule has 0 bridgehead atoms. The summed E-state index contributed by atoms with van der Waals surface area (Å²) in [5.74, 6) is -11.0. The lowest BCUT2D eigenvalue weighted by molar-refractivity contribution is -0.270. The number of thiol groups is 1. The van der Waals surface area contributed by atoms with Gasteiger partial charge in [-0.25, -0.2) is 8.42 Å². The van der Waals surface area contributed by atoms with Crippen LogP contribution < -0.4 is 0 Å². The topological polar surface area (TPSA) is 34.1 Å². The Bertz CT molecular complexity index is 256. The van der Waals surface area contributed by atoms with Crippen LogP contribution in [0.4, 0.5) is 26.3 Å². The molecule has 0 aliphatic heterocycles. The van der Waals surface area contributed by atoms with Crippen molar-refractivity contribution in [2.75, 3.05) is 0 Å². The number of halogens is 6. The van der Waals surface area contributed by atoms with Gasteiger partial charge in [0.15, 0.2) is 0 Å². The predicted octanol–water partition coefficient (Wildman–Crippen LogP) is 1.48. The Balaban J connectivity index is 5.28. The summed E-state index contributed by atoms with van der Waals surface area (Å²) in [6, 6.07) is 0. The maximum atomic E-state index is 12.1. The Morgan fingerprint density at radius 1 is 0.923 bits per heavy atom. The fraction of sp³-hybridized carbons (Fsp3) is 1.00. The SMILES string of the molecule is CC(F)(F)C(F)(F)C(F)(F)[SH](=O)=O. The smallest absolute Gasteiger partial charge is 0.225 e. The first-order chi connectivity index (χ1) is 5.44. The third-order valence-electron chi connectivity index (χ3n) is 1.16. The molecule has 0 radical (unpaired) electrons. The normalized spacial score (nSPS) is 15.1. The molecule has 2 nitrogen and oxygen atoms in total. The Hall–Kier alpha value is -0.470. The molecule has 0 spiro atoms. The largest absolute Gasteiger partial charge is 0.410 e. The summed E-state index contributed by atoms with van der Waals surface area (Å²) < 4.78 is 91.0. The molecule has 0 aliphatic carbocycles. The van der Waals surface area contributed by atoms with Crippen LogP contribution in [0.25, 0.3) is 0 Å². The minimum atomic E-state index is -5.91. The molecule has 0 aromatic heterocycles. The van der Waals surface area contributed by atoms with Gasteiger partial charge in [-0.3, -0.25) is 0 Å². The van der Waals surface area contributed by atoms with Crippen LogP contribution in [0.5, 0.6) is 0 Å². The van der Waals surface area contributed by atoms with Crippen LogP contribution in [0.2, 0.25) is 0 Å². The fourth-order valence-corrected chi connectivity index (χ4v) is 0.804. The second-order valence-corrected chi connectivity index (χ2v) is 3.34. The molecule has 0 aliphatic rings. The van der Waals surface area contributed by atoms with Crippen molar-refractivity contribution >= 4 is 10.7 Å². The van der Waals surface area contributed by atoms with E-state index in [1.54, 1.807) is 0 Å². The quantitative estimate of drug-likeness (QED) is 0.588. The van der Waals surface area contributed by atoms with Crippen molar-refractivity contribution < 1.29 is 34.8 Å². The third-order valence-corrected chi connectivity index (χ3v) is 1.90. The van der Waals surface area contributed by atoms with Gasteiger partial charge >= 0.3 is 17.1 Å². The van der Waals surface area contributed by atoms with E-state index in [1.807, 2.05) is 0 Å². The lowest BCUT2D eigenvalue weighted by Crippen LogP contribution is -2.53. The van der Waals surface area contributed by atoms with E-state index in [0.717, 1.165) is 0 Å². The van der Waals surface area contributed by atoms with E-state index in [0.29, 0.717) is 0 Å². The third kappa shape index (κ3) is 1.89. The van der Waals surface area contributed by atoms with Crippen molar-refractivity contribution in [1.82, 2.24) is 0 Å². The van der Waals surface area contributed by atoms with E-state index in [-0.39, 0.29) is 0 Å². The van der Waals surface area contributed by atoms with Gasteiger partial charge in [0, 0.05) is 6.92 Å². The van der Waals surface area contributed by atoms with Gasteiger partial charge in [0.05, 0.1) is 0 Å². The van der Waals surface area contributed by atoms with Crippen molar-refractivity contribution in [2.45, 2.75) is 24.0 Å². The molecule has 0 atom stereocenters. The number of alkyl halides is 6. The summed E-state index contributed by atoms with van der Waals surface area (Å²) in [5.41, 5.74) is 0. The maximum absolute atomic E-state index is 12.1. The van der Waals surface area contributed by atoms with Gasteiger partial charge in [-0.2, -0.15) is 26.3 Å². The summed E-state index contributed by atoms with van der Waals surface area (Å²) in [6.45, 7) is -0.486. The molecule has 9 heteroatoms. The van der Waals surface area contributed by atoms with Crippen molar-refractivity contribution in [2.24, 2.45) is 0 Å². The minimum Gasteiger partial charge on any atom is -0.225 e. The molecule has 0 aromatic carbocycles. The van der Waals surface area contributed by atoms with Crippen LogP contribution >= 0.6 is 0 Å². The van der Waals surface area contributed by atoms with Crippen LogP contribution in [0.15, 0.2) is 0 Å².